The Morgan fingerprint density at radius 2 is 0.604 bits per heavy atom. The first-order valence-electron chi connectivity index (χ1n) is 18.1. The van der Waals surface area contributed by atoms with Gasteiger partial charge in [-0.3, -0.25) is 0 Å². The van der Waals surface area contributed by atoms with E-state index in [0.29, 0.717) is 138 Å². The molecule has 0 spiro atoms. The third-order valence-corrected chi connectivity index (χ3v) is 6.87. The molecule has 48 heavy (non-hydrogen) atoms. The lowest BCUT2D eigenvalue weighted by Gasteiger charge is -2.09. The number of benzene rings is 1. The number of nitrogen functional groups attached to an aromatic ring is 1. The molecule has 1 aromatic carbocycles. The molecule has 282 valence electrons. The first-order valence-corrected chi connectivity index (χ1v) is 18.1. The number of unbranched alkanes of at least 4 members (excludes halogenated alkanes) is 7. The van der Waals surface area contributed by atoms with Gasteiger partial charge >= 0.3 is 0 Å². The maximum atomic E-state index is 5.64. The molecule has 0 saturated heterocycles. The summed E-state index contributed by atoms with van der Waals surface area (Å²) in [7, 11) is 0. The summed E-state index contributed by atoms with van der Waals surface area (Å²) in [5.41, 5.74) is 6.36. The van der Waals surface area contributed by atoms with E-state index in [0.717, 1.165) is 18.8 Å². The minimum absolute atomic E-state index is 0.479. The Balaban J connectivity index is 1.61. The number of hydrogen-bond donors (Lipinski definition) is 1. The molecule has 0 saturated carbocycles. The molecular weight excluding hydrogens is 622 g/mol. The van der Waals surface area contributed by atoms with Crippen molar-refractivity contribution in [3.63, 3.8) is 0 Å². The molecule has 0 atom stereocenters. The van der Waals surface area contributed by atoms with E-state index in [9.17, 15) is 0 Å². The van der Waals surface area contributed by atoms with Crippen molar-refractivity contribution in [3.8, 4) is 5.75 Å². The van der Waals surface area contributed by atoms with Crippen LogP contribution in [0, 0.1) is 0 Å². The fourth-order valence-corrected chi connectivity index (χ4v) is 4.20. The second kappa shape index (κ2) is 38.2. The van der Waals surface area contributed by atoms with Gasteiger partial charge in [-0.05, 0) is 30.7 Å². The summed E-state index contributed by atoms with van der Waals surface area (Å²) in [6.07, 6.45) is 10.5. The zero-order chi connectivity index (χ0) is 34.3. The fourth-order valence-electron chi connectivity index (χ4n) is 4.20. The van der Waals surface area contributed by atoms with Gasteiger partial charge in [0.05, 0.1) is 126 Å². The van der Waals surface area contributed by atoms with Crippen LogP contribution in [-0.4, -0.2) is 139 Å². The maximum absolute atomic E-state index is 5.64. The van der Waals surface area contributed by atoms with Crippen molar-refractivity contribution in [2.45, 2.75) is 58.3 Å². The standard InChI is InChI=1S/C36H67NO11/c1-2-3-4-5-6-7-8-9-14-38-15-16-39-17-18-40-19-20-41-21-22-42-23-24-43-25-26-44-27-28-45-29-30-46-31-32-47-33-34-48-36-12-10-35(37)11-13-36/h10-13H,2-9,14-34,37H2,1H3. The minimum atomic E-state index is 0.479. The minimum Gasteiger partial charge on any atom is -0.491 e. The average Bonchev–Trinajstić information content (AvgIpc) is 3.10. The van der Waals surface area contributed by atoms with Crippen molar-refractivity contribution in [2.75, 3.05) is 144 Å². The highest BCUT2D eigenvalue weighted by Crippen LogP contribution is 2.12. The van der Waals surface area contributed by atoms with E-state index in [2.05, 4.69) is 6.92 Å². The van der Waals surface area contributed by atoms with E-state index in [1.165, 1.54) is 44.9 Å². The summed E-state index contributed by atoms with van der Waals surface area (Å²) in [5, 5.41) is 0. The normalized spacial score (nSPS) is 11.4. The molecule has 0 radical (unpaired) electrons. The lowest BCUT2D eigenvalue weighted by molar-refractivity contribution is -0.0267. The Kier molecular flexibility index (Phi) is 35.4. The van der Waals surface area contributed by atoms with Crippen molar-refractivity contribution in [3.05, 3.63) is 24.3 Å². The second-order valence-corrected chi connectivity index (χ2v) is 11.0. The molecule has 12 nitrogen and oxygen atoms in total. The van der Waals surface area contributed by atoms with Gasteiger partial charge in [-0.15, -0.1) is 0 Å². The van der Waals surface area contributed by atoms with Crippen LogP contribution in [0.1, 0.15) is 58.3 Å². The van der Waals surface area contributed by atoms with Crippen LogP contribution in [0.25, 0.3) is 0 Å². The largest absolute Gasteiger partial charge is 0.491 e. The van der Waals surface area contributed by atoms with Gasteiger partial charge in [-0.2, -0.15) is 0 Å². The highest BCUT2D eigenvalue weighted by Gasteiger charge is 1.98. The highest BCUT2D eigenvalue weighted by atomic mass is 16.6. The first-order chi connectivity index (χ1) is 23.8. The summed E-state index contributed by atoms with van der Waals surface area (Å²) in [6.45, 7) is 13.7. The zero-order valence-corrected chi connectivity index (χ0v) is 29.9. The molecule has 0 unspecified atom stereocenters. The van der Waals surface area contributed by atoms with Crippen LogP contribution in [0.5, 0.6) is 5.75 Å². The Morgan fingerprint density at radius 3 is 0.938 bits per heavy atom. The van der Waals surface area contributed by atoms with Crippen molar-refractivity contribution < 1.29 is 52.1 Å². The zero-order valence-electron chi connectivity index (χ0n) is 29.9. The predicted molar refractivity (Wildman–Crippen MR) is 187 cm³/mol. The van der Waals surface area contributed by atoms with E-state index < -0.39 is 0 Å². The predicted octanol–water partition coefficient (Wildman–Crippen LogP) is 4.95. The summed E-state index contributed by atoms with van der Waals surface area (Å²) < 4.78 is 60.7. The third-order valence-electron chi connectivity index (χ3n) is 6.87. The molecule has 0 aliphatic carbocycles. The Morgan fingerprint density at radius 1 is 0.333 bits per heavy atom. The van der Waals surface area contributed by atoms with Gasteiger partial charge in [-0.25, -0.2) is 0 Å². The molecule has 0 bridgehead atoms. The van der Waals surface area contributed by atoms with Crippen LogP contribution in [0.3, 0.4) is 0 Å². The Labute approximate surface area is 290 Å². The molecule has 0 amide bonds. The van der Waals surface area contributed by atoms with E-state index >= 15 is 0 Å². The lowest BCUT2D eigenvalue weighted by atomic mass is 10.1. The topological polar surface area (TPSA) is 128 Å². The SMILES string of the molecule is CCCCCCCCCCOCCOCCOCCOCCOCCOCCOCCOCCOCCOCCOc1ccc(N)cc1. The lowest BCUT2D eigenvalue weighted by Crippen LogP contribution is -2.15. The summed E-state index contributed by atoms with van der Waals surface area (Å²) in [6, 6.07) is 7.28. The van der Waals surface area contributed by atoms with Crippen molar-refractivity contribution >= 4 is 5.69 Å². The van der Waals surface area contributed by atoms with Gasteiger partial charge in [0.15, 0.2) is 0 Å². The molecule has 1 aromatic rings. The number of nitrogens with two attached hydrogens (primary N) is 1. The van der Waals surface area contributed by atoms with Gasteiger partial charge in [0, 0.05) is 12.3 Å². The molecule has 0 aliphatic heterocycles. The van der Waals surface area contributed by atoms with Crippen LogP contribution in [0.15, 0.2) is 24.3 Å². The number of hydrogen-bond acceptors (Lipinski definition) is 12. The molecule has 0 aromatic heterocycles. The van der Waals surface area contributed by atoms with E-state index in [-0.39, 0.29) is 0 Å². The molecular formula is C36H67NO11. The molecule has 2 N–H and O–H groups in total. The molecule has 1 rings (SSSR count). The summed E-state index contributed by atoms with van der Waals surface area (Å²) in [5.74, 6) is 0.775. The van der Waals surface area contributed by atoms with Gasteiger partial charge in [0.25, 0.3) is 0 Å². The third kappa shape index (κ3) is 34.3. The summed E-state index contributed by atoms with van der Waals surface area (Å²) in [4.78, 5) is 0. The molecule has 0 heterocycles. The van der Waals surface area contributed by atoms with Crippen LogP contribution in [0.4, 0.5) is 5.69 Å². The Bertz CT molecular complexity index is 745. The number of anilines is 1. The first kappa shape index (κ1) is 44.4. The molecule has 0 fully saturated rings. The quantitative estimate of drug-likeness (QED) is 0.0740. The number of ether oxygens (including phenoxy) is 11. The maximum Gasteiger partial charge on any atom is 0.119 e. The second-order valence-electron chi connectivity index (χ2n) is 11.0. The monoisotopic (exact) mass is 689 g/mol. The van der Waals surface area contributed by atoms with Crippen LogP contribution >= 0.6 is 0 Å². The van der Waals surface area contributed by atoms with Gasteiger partial charge in [0.1, 0.15) is 12.4 Å². The van der Waals surface area contributed by atoms with Crippen molar-refractivity contribution in [1.82, 2.24) is 0 Å². The number of rotatable bonds is 40. The smallest absolute Gasteiger partial charge is 0.119 e. The van der Waals surface area contributed by atoms with Crippen molar-refractivity contribution in [2.24, 2.45) is 0 Å². The van der Waals surface area contributed by atoms with Crippen LogP contribution in [-0.2, 0) is 47.4 Å². The summed E-state index contributed by atoms with van der Waals surface area (Å²) >= 11 is 0. The average molecular weight is 690 g/mol. The molecule has 12 heteroatoms. The van der Waals surface area contributed by atoms with Crippen molar-refractivity contribution in [1.29, 1.82) is 0 Å². The van der Waals surface area contributed by atoms with Crippen LogP contribution < -0.4 is 10.5 Å². The van der Waals surface area contributed by atoms with Gasteiger partial charge in [0.2, 0.25) is 0 Å². The molecule has 0 aliphatic rings. The van der Waals surface area contributed by atoms with Gasteiger partial charge in [-0.1, -0.05) is 51.9 Å². The fraction of sp³-hybridized carbons (Fsp3) is 0.833. The van der Waals surface area contributed by atoms with Crippen LogP contribution in [0.2, 0.25) is 0 Å². The Hall–Kier alpha value is -1.58. The van der Waals surface area contributed by atoms with E-state index in [4.69, 9.17) is 57.8 Å². The van der Waals surface area contributed by atoms with Gasteiger partial charge < -0.3 is 57.8 Å². The van der Waals surface area contributed by atoms with E-state index in [1.54, 1.807) is 12.1 Å². The van der Waals surface area contributed by atoms with E-state index in [1.807, 2.05) is 12.1 Å². The highest BCUT2D eigenvalue weighted by molar-refractivity contribution is 5.41.